The molecule has 0 saturated carbocycles. The highest BCUT2D eigenvalue weighted by Crippen LogP contribution is 2.21. The molecule has 1 aromatic heterocycles. The number of nitrogens with one attached hydrogen (secondary N) is 1. The second kappa shape index (κ2) is 7.29. The van der Waals surface area contributed by atoms with E-state index in [-0.39, 0.29) is 0 Å². The van der Waals surface area contributed by atoms with Crippen molar-refractivity contribution in [2.24, 2.45) is 7.05 Å². The van der Waals surface area contributed by atoms with Crippen LogP contribution in [0, 0.1) is 6.92 Å². The van der Waals surface area contributed by atoms with Gasteiger partial charge in [-0.25, -0.2) is 4.68 Å². The van der Waals surface area contributed by atoms with Gasteiger partial charge in [-0.3, -0.25) is 0 Å². The van der Waals surface area contributed by atoms with Crippen molar-refractivity contribution in [2.75, 3.05) is 20.8 Å². The van der Waals surface area contributed by atoms with Crippen molar-refractivity contribution in [3.63, 3.8) is 0 Å². The Morgan fingerprint density at radius 1 is 1.23 bits per heavy atom. The van der Waals surface area contributed by atoms with Gasteiger partial charge in [0.1, 0.15) is 5.75 Å². The normalized spacial score (nSPS) is 12.2. The molecule has 0 saturated heterocycles. The standard InChI is InChI=1S/C16H23N3O3/c1-11-14(16(22-4)19(2)18-11)9-17-10-15(20)12-5-7-13(21-3)8-6-12/h5-8,15,17,20H,9-10H2,1-4H3. The van der Waals surface area contributed by atoms with Crippen molar-refractivity contribution in [3.05, 3.63) is 41.1 Å². The van der Waals surface area contributed by atoms with Crippen LogP contribution in [0.1, 0.15) is 22.9 Å². The Balaban J connectivity index is 1.93. The third-order valence-electron chi connectivity index (χ3n) is 3.62. The minimum atomic E-state index is -0.575. The van der Waals surface area contributed by atoms with Crippen LogP contribution in [0.15, 0.2) is 24.3 Å². The van der Waals surface area contributed by atoms with Gasteiger partial charge in [0.05, 0.1) is 31.6 Å². The number of aromatic nitrogens is 2. The predicted molar refractivity (Wildman–Crippen MR) is 84.2 cm³/mol. The first-order chi connectivity index (χ1) is 10.6. The molecule has 0 bridgehead atoms. The van der Waals surface area contributed by atoms with Crippen molar-refractivity contribution in [1.29, 1.82) is 0 Å². The van der Waals surface area contributed by atoms with Gasteiger partial charge >= 0.3 is 0 Å². The van der Waals surface area contributed by atoms with E-state index in [4.69, 9.17) is 9.47 Å². The number of hydrogen-bond acceptors (Lipinski definition) is 5. The molecule has 1 aromatic carbocycles. The first-order valence-electron chi connectivity index (χ1n) is 7.16. The van der Waals surface area contributed by atoms with Crippen LogP contribution in [0.2, 0.25) is 0 Å². The first kappa shape index (κ1) is 16.3. The van der Waals surface area contributed by atoms with Gasteiger partial charge < -0.3 is 19.9 Å². The van der Waals surface area contributed by atoms with Crippen LogP contribution in [0.3, 0.4) is 0 Å². The van der Waals surface area contributed by atoms with Crippen LogP contribution < -0.4 is 14.8 Å². The quantitative estimate of drug-likeness (QED) is 0.812. The summed E-state index contributed by atoms with van der Waals surface area (Å²) in [6, 6.07) is 7.40. The van der Waals surface area contributed by atoms with Crippen LogP contribution in [-0.2, 0) is 13.6 Å². The summed E-state index contributed by atoms with van der Waals surface area (Å²) in [7, 11) is 5.10. The molecule has 2 rings (SSSR count). The molecule has 1 heterocycles. The summed E-state index contributed by atoms with van der Waals surface area (Å²) in [5, 5.41) is 17.8. The third kappa shape index (κ3) is 3.58. The number of ether oxygens (including phenoxy) is 2. The van der Waals surface area contributed by atoms with Gasteiger partial charge in [0.2, 0.25) is 5.88 Å². The lowest BCUT2D eigenvalue weighted by Crippen LogP contribution is -2.21. The minimum Gasteiger partial charge on any atom is -0.497 e. The van der Waals surface area contributed by atoms with Gasteiger partial charge in [-0.05, 0) is 24.6 Å². The number of aliphatic hydroxyl groups excluding tert-OH is 1. The Morgan fingerprint density at radius 3 is 2.50 bits per heavy atom. The third-order valence-corrected chi connectivity index (χ3v) is 3.62. The number of methoxy groups -OCH3 is 2. The molecule has 6 heteroatoms. The van der Waals surface area contributed by atoms with E-state index in [0.29, 0.717) is 13.1 Å². The lowest BCUT2D eigenvalue weighted by atomic mass is 10.1. The van der Waals surface area contributed by atoms with Crippen LogP contribution in [0.25, 0.3) is 0 Å². The Bertz CT molecular complexity index is 608. The highest BCUT2D eigenvalue weighted by Gasteiger charge is 2.14. The van der Waals surface area contributed by atoms with E-state index in [9.17, 15) is 5.11 Å². The van der Waals surface area contributed by atoms with Crippen molar-refractivity contribution in [1.82, 2.24) is 15.1 Å². The molecule has 22 heavy (non-hydrogen) atoms. The fraction of sp³-hybridized carbons (Fsp3) is 0.438. The molecule has 120 valence electrons. The number of hydrogen-bond donors (Lipinski definition) is 2. The van der Waals surface area contributed by atoms with E-state index in [0.717, 1.165) is 28.5 Å². The molecule has 0 amide bonds. The molecule has 2 N–H and O–H groups in total. The average Bonchev–Trinajstić information content (AvgIpc) is 2.80. The van der Waals surface area contributed by atoms with Crippen LogP contribution >= 0.6 is 0 Å². The smallest absolute Gasteiger partial charge is 0.216 e. The summed E-state index contributed by atoms with van der Waals surface area (Å²) < 4.78 is 12.2. The van der Waals surface area contributed by atoms with E-state index < -0.39 is 6.10 Å². The molecule has 0 spiro atoms. The predicted octanol–water partition coefficient (Wildman–Crippen LogP) is 1.57. The van der Waals surface area contributed by atoms with Gasteiger partial charge in [-0.1, -0.05) is 12.1 Å². The number of aryl methyl sites for hydroxylation is 2. The SMILES string of the molecule is COc1ccc(C(O)CNCc2c(C)nn(C)c2OC)cc1. The molecule has 2 aromatic rings. The summed E-state index contributed by atoms with van der Waals surface area (Å²) in [5.74, 6) is 1.52. The van der Waals surface area contributed by atoms with Crippen LogP contribution in [-0.4, -0.2) is 35.7 Å². The largest absolute Gasteiger partial charge is 0.497 e. The fourth-order valence-corrected chi connectivity index (χ4v) is 2.42. The first-order valence-corrected chi connectivity index (χ1v) is 7.16. The molecule has 1 unspecified atom stereocenters. The Hall–Kier alpha value is -2.05. The average molecular weight is 305 g/mol. The number of aliphatic hydroxyl groups is 1. The number of rotatable bonds is 7. The molecule has 1 atom stereocenters. The van der Waals surface area contributed by atoms with E-state index >= 15 is 0 Å². The van der Waals surface area contributed by atoms with E-state index in [1.807, 2.05) is 38.2 Å². The summed E-state index contributed by atoms with van der Waals surface area (Å²) in [6.07, 6.45) is -0.575. The van der Waals surface area contributed by atoms with Gasteiger partial charge in [0, 0.05) is 20.1 Å². The molecular formula is C16H23N3O3. The summed E-state index contributed by atoms with van der Waals surface area (Å²) in [6.45, 7) is 2.99. The zero-order chi connectivity index (χ0) is 16.1. The van der Waals surface area contributed by atoms with Gasteiger partial charge in [0.15, 0.2) is 0 Å². The molecule has 0 aliphatic carbocycles. The Morgan fingerprint density at radius 2 is 1.91 bits per heavy atom. The van der Waals surface area contributed by atoms with Crippen LogP contribution in [0.4, 0.5) is 0 Å². The maximum atomic E-state index is 10.2. The molecule has 0 aliphatic heterocycles. The second-order valence-electron chi connectivity index (χ2n) is 5.12. The molecule has 0 fully saturated rings. The monoisotopic (exact) mass is 305 g/mol. The van der Waals surface area contributed by atoms with Gasteiger partial charge in [-0.15, -0.1) is 0 Å². The summed E-state index contributed by atoms with van der Waals surface area (Å²) in [4.78, 5) is 0. The maximum absolute atomic E-state index is 10.2. The molecular weight excluding hydrogens is 282 g/mol. The van der Waals surface area contributed by atoms with Gasteiger partial charge in [0.25, 0.3) is 0 Å². The fourth-order valence-electron chi connectivity index (χ4n) is 2.42. The van der Waals surface area contributed by atoms with Crippen molar-refractivity contribution in [2.45, 2.75) is 19.6 Å². The Labute approximate surface area is 130 Å². The number of benzene rings is 1. The highest BCUT2D eigenvalue weighted by atomic mass is 16.5. The van der Waals surface area contributed by atoms with Crippen molar-refractivity contribution >= 4 is 0 Å². The topological polar surface area (TPSA) is 68.5 Å². The highest BCUT2D eigenvalue weighted by molar-refractivity contribution is 5.31. The zero-order valence-corrected chi connectivity index (χ0v) is 13.5. The van der Waals surface area contributed by atoms with Gasteiger partial charge in [-0.2, -0.15) is 5.10 Å². The molecule has 0 aliphatic rings. The minimum absolute atomic E-state index is 0.448. The lowest BCUT2D eigenvalue weighted by molar-refractivity contribution is 0.174. The summed E-state index contributed by atoms with van der Waals surface area (Å²) >= 11 is 0. The number of nitrogens with zero attached hydrogens (tertiary/aromatic N) is 2. The van der Waals surface area contributed by atoms with E-state index in [2.05, 4.69) is 10.4 Å². The van der Waals surface area contributed by atoms with Crippen molar-refractivity contribution in [3.8, 4) is 11.6 Å². The molecule has 6 nitrogen and oxygen atoms in total. The van der Waals surface area contributed by atoms with E-state index in [1.165, 1.54) is 0 Å². The molecule has 0 radical (unpaired) electrons. The summed E-state index contributed by atoms with van der Waals surface area (Å²) in [5.41, 5.74) is 2.78. The lowest BCUT2D eigenvalue weighted by Gasteiger charge is -2.13. The van der Waals surface area contributed by atoms with Crippen molar-refractivity contribution < 1.29 is 14.6 Å². The zero-order valence-electron chi connectivity index (χ0n) is 13.5. The van der Waals surface area contributed by atoms with Crippen LogP contribution in [0.5, 0.6) is 11.6 Å². The second-order valence-corrected chi connectivity index (χ2v) is 5.12. The van der Waals surface area contributed by atoms with E-state index in [1.54, 1.807) is 18.9 Å². The maximum Gasteiger partial charge on any atom is 0.216 e. The Kier molecular flexibility index (Phi) is 5.41.